The summed E-state index contributed by atoms with van der Waals surface area (Å²) >= 11 is 0. The number of carboxylic acids is 1. The van der Waals surface area contributed by atoms with E-state index in [9.17, 15) is 14.7 Å². The van der Waals surface area contributed by atoms with E-state index in [2.05, 4.69) is 25.5 Å². The van der Waals surface area contributed by atoms with Crippen LogP contribution in [0.15, 0.2) is 12.4 Å². The molecule has 2 saturated heterocycles. The first-order valence-corrected chi connectivity index (χ1v) is 9.50. The lowest BCUT2D eigenvalue weighted by molar-refractivity contribution is -0.143. The lowest BCUT2D eigenvalue weighted by Gasteiger charge is -2.35. The predicted octanol–water partition coefficient (Wildman–Crippen LogP) is 1.24. The number of piperidine rings is 1. The Kier molecular flexibility index (Phi) is 5.98. The Bertz CT molecular complexity index is 685. The largest absolute Gasteiger partial charge is 0.481 e. The van der Waals surface area contributed by atoms with Gasteiger partial charge in [0.1, 0.15) is 18.0 Å². The molecule has 2 amide bonds. The monoisotopic (exact) mass is 376 g/mol. The van der Waals surface area contributed by atoms with Crippen LogP contribution in [0.1, 0.15) is 26.2 Å². The van der Waals surface area contributed by atoms with Crippen molar-refractivity contribution in [3.63, 3.8) is 0 Å². The summed E-state index contributed by atoms with van der Waals surface area (Å²) in [6.07, 6.45) is 4.18. The van der Waals surface area contributed by atoms with Crippen molar-refractivity contribution >= 4 is 23.6 Å². The summed E-state index contributed by atoms with van der Waals surface area (Å²) < 4.78 is 0. The van der Waals surface area contributed by atoms with Gasteiger partial charge in [-0.05, 0) is 25.2 Å². The number of carbonyl (C=O) groups is 2. The molecule has 1 aromatic rings. The molecule has 0 aromatic carbocycles. The number of aliphatic carboxylic acids is 1. The molecule has 1 aromatic heterocycles. The molecular formula is C18H28N6O3. The Balaban J connectivity index is 1.58. The number of amides is 2. The Morgan fingerprint density at radius 2 is 2.15 bits per heavy atom. The van der Waals surface area contributed by atoms with Gasteiger partial charge in [0.25, 0.3) is 0 Å². The number of likely N-dealkylation sites (tertiary alicyclic amines) is 1. The number of urea groups is 1. The van der Waals surface area contributed by atoms with Gasteiger partial charge in [0.05, 0.1) is 5.92 Å². The number of nitrogens with one attached hydrogen (secondary N) is 2. The highest BCUT2D eigenvalue weighted by atomic mass is 16.4. The van der Waals surface area contributed by atoms with Crippen LogP contribution in [0.5, 0.6) is 0 Å². The van der Waals surface area contributed by atoms with E-state index < -0.39 is 11.9 Å². The molecule has 3 N–H and O–H groups in total. The molecule has 9 heteroatoms. The van der Waals surface area contributed by atoms with Gasteiger partial charge in [0.2, 0.25) is 0 Å². The van der Waals surface area contributed by atoms with Gasteiger partial charge in [-0.2, -0.15) is 0 Å². The first-order chi connectivity index (χ1) is 13.0. The van der Waals surface area contributed by atoms with E-state index in [0.717, 1.165) is 31.0 Å². The smallest absolute Gasteiger partial charge is 0.317 e. The molecule has 0 radical (unpaired) electrons. The molecule has 3 atom stereocenters. The summed E-state index contributed by atoms with van der Waals surface area (Å²) in [6, 6.07) is 1.90. The fourth-order valence-electron chi connectivity index (χ4n) is 4.00. The van der Waals surface area contributed by atoms with Crippen LogP contribution in [0, 0.1) is 11.8 Å². The Morgan fingerprint density at radius 3 is 2.89 bits per heavy atom. The van der Waals surface area contributed by atoms with Gasteiger partial charge < -0.3 is 25.5 Å². The maximum absolute atomic E-state index is 12.6. The molecule has 0 spiro atoms. The first kappa shape index (κ1) is 19.2. The van der Waals surface area contributed by atoms with Crippen LogP contribution >= 0.6 is 0 Å². The third-order valence-electron chi connectivity index (χ3n) is 5.37. The SMILES string of the molecule is CNc1cc(N2CCCC2CNC(=O)N2CC(C)CC(C(=O)O)C2)ncn1. The van der Waals surface area contributed by atoms with Crippen LogP contribution in [0.2, 0.25) is 0 Å². The van der Waals surface area contributed by atoms with Gasteiger partial charge in [0.15, 0.2) is 0 Å². The maximum Gasteiger partial charge on any atom is 0.317 e. The molecular weight excluding hydrogens is 348 g/mol. The average Bonchev–Trinajstić information content (AvgIpc) is 3.14. The zero-order valence-corrected chi connectivity index (χ0v) is 15.9. The van der Waals surface area contributed by atoms with Gasteiger partial charge in [-0.1, -0.05) is 6.92 Å². The fourth-order valence-corrected chi connectivity index (χ4v) is 4.00. The summed E-state index contributed by atoms with van der Waals surface area (Å²) in [6.45, 7) is 4.27. The number of carbonyl (C=O) groups excluding carboxylic acids is 1. The van der Waals surface area contributed by atoms with Crippen molar-refractivity contribution in [1.82, 2.24) is 20.2 Å². The summed E-state index contributed by atoms with van der Waals surface area (Å²) in [4.78, 5) is 36.2. The summed E-state index contributed by atoms with van der Waals surface area (Å²) in [5.41, 5.74) is 0. The van der Waals surface area contributed by atoms with Gasteiger partial charge in [-0.3, -0.25) is 4.79 Å². The fraction of sp³-hybridized carbons (Fsp3) is 0.667. The Morgan fingerprint density at radius 1 is 1.33 bits per heavy atom. The van der Waals surface area contributed by atoms with E-state index in [1.807, 2.05) is 20.0 Å². The number of aromatic nitrogens is 2. The van der Waals surface area contributed by atoms with Gasteiger partial charge >= 0.3 is 12.0 Å². The molecule has 2 fully saturated rings. The molecule has 3 unspecified atom stereocenters. The molecule has 2 aliphatic heterocycles. The van der Waals surface area contributed by atoms with Crippen molar-refractivity contribution in [2.24, 2.45) is 11.8 Å². The van der Waals surface area contributed by atoms with Crippen molar-refractivity contribution in [2.45, 2.75) is 32.2 Å². The quantitative estimate of drug-likeness (QED) is 0.709. The molecule has 2 aliphatic rings. The third-order valence-corrected chi connectivity index (χ3v) is 5.37. The second-order valence-corrected chi connectivity index (χ2v) is 7.47. The Hall–Kier alpha value is -2.58. The minimum atomic E-state index is -0.828. The highest BCUT2D eigenvalue weighted by Gasteiger charge is 2.33. The van der Waals surface area contributed by atoms with Crippen molar-refractivity contribution in [3.05, 3.63) is 12.4 Å². The first-order valence-electron chi connectivity index (χ1n) is 9.50. The van der Waals surface area contributed by atoms with Crippen LogP contribution in [-0.2, 0) is 4.79 Å². The number of hydrogen-bond acceptors (Lipinski definition) is 6. The van der Waals surface area contributed by atoms with Crippen molar-refractivity contribution < 1.29 is 14.7 Å². The van der Waals surface area contributed by atoms with Crippen LogP contribution in [0.4, 0.5) is 16.4 Å². The second-order valence-electron chi connectivity index (χ2n) is 7.47. The van der Waals surface area contributed by atoms with E-state index in [1.165, 1.54) is 6.33 Å². The standard InChI is InChI=1S/C18H28N6O3/c1-12-6-13(17(25)26)10-23(9-12)18(27)20-8-14-4-3-5-24(14)16-7-15(19-2)21-11-22-16/h7,11-14H,3-6,8-10H2,1-2H3,(H,20,27)(H,25,26)(H,19,21,22). The zero-order chi connectivity index (χ0) is 19.4. The minimum absolute atomic E-state index is 0.172. The highest BCUT2D eigenvalue weighted by Crippen LogP contribution is 2.25. The molecule has 3 heterocycles. The molecule has 0 bridgehead atoms. The molecule has 9 nitrogen and oxygen atoms in total. The number of hydrogen-bond donors (Lipinski definition) is 3. The minimum Gasteiger partial charge on any atom is -0.481 e. The highest BCUT2D eigenvalue weighted by molar-refractivity contribution is 5.76. The number of anilines is 2. The molecule has 0 aliphatic carbocycles. The third kappa shape index (κ3) is 4.58. The van der Waals surface area contributed by atoms with Gasteiger partial charge in [-0.25, -0.2) is 14.8 Å². The Labute approximate surface area is 159 Å². The lowest BCUT2D eigenvalue weighted by atomic mass is 9.91. The maximum atomic E-state index is 12.6. The summed E-state index contributed by atoms with van der Waals surface area (Å²) in [5.74, 6) is 0.490. The zero-order valence-electron chi connectivity index (χ0n) is 15.9. The summed E-state index contributed by atoms with van der Waals surface area (Å²) in [5, 5.41) is 15.3. The van der Waals surface area contributed by atoms with Crippen molar-refractivity contribution in [2.75, 3.05) is 43.4 Å². The second kappa shape index (κ2) is 8.41. The number of carboxylic acid groups (broad SMARTS) is 1. The van der Waals surface area contributed by atoms with Crippen LogP contribution in [0.25, 0.3) is 0 Å². The number of nitrogens with zero attached hydrogens (tertiary/aromatic N) is 4. The lowest BCUT2D eigenvalue weighted by Crippen LogP contribution is -2.51. The van der Waals surface area contributed by atoms with E-state index >= 15 is 0 Å². The normalized spacial score (nSPS) is 25.3. The van der Waals surface area contributed by atoms with Crippen molar-refractivity contribution in [1.29, 1.82) is 0 Å². The van der Waals surface area contributed by atoms with Crippen LogP contribution in [0.3, 0.4) is 0 Å². The number of rotatable bonds is 5. The van der Waals surface area contributed by atoms with Crippen LogP contribution < -0.4 is 15.5 Å². The summed E-state index contributed by atoms with van der Waals surface area (Å²) in [7, 11) is 1.82. The van der Waals surface area contributed by atoms with Crippen molar-refractivity contribution in [3.8, 4) is 0 Å². The van der Waals surface area contributed by atoms with E-state index in [1.54, 1.807) is 4.90 Å². The predicted molar refractivity (Wildman–Crippen MR) is 102 cm³/mol. The molecule has 27 heavy (non-hydrogen) atoms. The van der Waals surface area contributed by atoms with E-state index in [-0.39, 0.29) is 24.5 Å². The topological polar surface area (TPSA) is 111 Å². The molecule has 148 valence electrons. The van der Waals surface area contributed by atoms with Gasteiger partial charge in [-0.15, -0.1) is 0 Å². The average molecular weight is 376 g/mol. The molecule has 0 saturated carbocycles. The van der Waals surface area contributed by atoms with E-state index in [0.29, 0.717) is 19.5 Å². The van der Waals surface area contributed by atoms with E-state index in [4.69, 9.17) is 0 Å². The molecule has 3 rings (SSSR count). The van der Waals surface area contributed by atoms with Gasteiger partial charge in [0, 0.05) is 45.3 Å². The van der Waals surface area contributed by atoms with Crippen LogP contribution in [-0.4, -0.2) is 71.2 Å².